The first-order valence-electron chi connectivity index (χ1n) is 7.02. The number of fused-ring (bicyclic) bond motifs is 1. The number of benzene rings is 1. The zero-order chi connectivity index (χ0) is 15.4. The summed E-state index contributed by atoms with van der Waals surface area (Å²) in [5, 5.41) is 3.22. The topological polar surface area (TPSA) is 69.9 Å². The van der Waals surface area contributed by atoms with Crippen LogP contribution in [0.15, 0.2) is 40.8 Å². The number of hydrogen-bond acceptors (Lipinski definition) is 6. The number of methoxy groups -OCH3 is 1. The van der Waals surface area contributed by atoms with Crippen molar-refractivity contribution < 1.29 is 23.4 Å². The minimum Gasteiger partial charge on any atom is -0.486 e. The maximum atomic E-state index is 11.3. The van der Waals surface area contributed by atoms with Crippen LogP contribution in [0.25, 0.3) is 0 Å². The van der Waals surface area contributed by atoms with E-state index in [1.807, 2.05) is 24.3 Å². The molecular formula is C16H17NO5. The molecule has 3 rings (SSSR count). The van der Waals surface area contributed by atoms with Crippen molar-refractivity contribution in [2.24, 2.45) is 0 Å². The molecule has 0 aliphatic carbocycles. The molecule has 0 fully saturated rings. The molecule has 1 atom stereocenters. The van der Waals surface area contributed by atoms with E-state index in [1.165, 1.54) is 7.11 Å². The van der Waals surface area contributed by atoms with Gasteiger partial charge >= 0.3 is 5.97 Å². The van der Waals surface area contributed by atoms with Crippen LogP contribution in [0.1, 0.15) is 16.3 Å². The Bertz CT molecular complexity index is 651. The molecular weight excluding hydrogens is 286 g/mol. The van der Waals surface area contributed by atoms with Crippen LogP contribution in [0.5, 0.6) is 11.5 Å². The molecule has 1 unspecified atom stereocenters. The molecule has 116 valence electrons. The van der Waals surface area contributed by atoms with Crippen molar-refractivity contribution in [3.8, 4) is 11.5 Å². The van der Waals surface area contributed by atoms with Crippen LogP contribution in [-0.2, 0) is 11.3 Å². The zero-order valence-corrected chi connectivity index (χ0v) is 12.2. The lowest BCUT2D eigenvalue weighted by atomic mass is 10.2. The molecule has 1 aromatic heterocycles. The summed E-state index contributed by atoms with van der Waals surface area (Å²) in [5.74, 6) is 1.91. The molecule has 0 radical (unpaired) electrons. The predicted molar refractivity (Wildman–Crippen MR) is 78.1 cm³/mol. The third-order valence-corrected chi connectivity index (χ3v) is 3.29. The van der Waals surface area contributed by atoms with Crippen LogP contribution < -0.4 is 14.8 Å². The van der Waals surface area contributed by atoms with E-state index in [2.05, 4.69) is 10.1 Å². The summed E-state index contributed by atoms with van der Waals surface area (Å²) in [6.07, 6.45) is -0.0649. The van der Waals surface area contributed by atoms with Gasteiger partial charge in [-0.2, -0.15) is 0 Å². The van der Waals surface area contributed by atoms with E-state index < -0.39 is 5.97 Å². The highest BCUT2D eigenvalue weighted by Gasteiger charge is 2.20. The summed E-state index contributed by atoms with van der Waals surface area (Å²) in [6, 6.07) is 10.9. The van der Waals surface area contributed by atoms with Gasteiger partial charge in [0.05, 0.1) is 13.7 Å². The first-order chi connectivity index (χ1) is 10.8. The van der Waals surface area contributed by atoms with Gasteiger partial charge in [-0.25, -0.2) is 4.79 Å². The van der Waals surface area contributed by atoms with Gasteiger partial charge in [0.2, 0.25) is 5.76 Å². The van der Waals surface area contributed by atoms with Crippen LogP contribution in [0.3, 0.4) is 0 Å². The summed E-state index contributed by atoms with van der Waals surface area (Å²) < 4.78 is 21.4. The highest BCUT2D eigenvalue weighted by atomic mass is 16.6. The van der Waals surface area contributed by atoms with Crippen molar-refractivity contribution in [3.63, 3.8) is 0 Å². The Morgan fingerprint density at radius 1 is 1.27 bits per heavy atom. The van der Waals surface area contributed by atoms with E-state index >= 15 is 0 Å². The maximum Gasteiger partial charge on any atom is 0.373 e. The number of ether oxygens (including phenoxy) is 3. The average molecular weight is 303 g/mol. The molecule has 6 nitrogen and oxygen atoms in total. The highest BCUT2D eigenvalue weighted by molar-refractivity contribution is 5.86. The molecule has 2 heterocycles. The second-order valence-electron chi connectivity index (χ2n) is 4.89. The molecule has 0 saturated carbocycles. The van der Waals surface area contributed by atoms with Gasteiger partial charge in [0.15, 0.2) is 11.5 Å². The fourth-order valence-corrected chi connectivity index (χ4v) is 2.20. The molecule has 1 aromatic carbocycles. The summed E-state index contributed by atoms with van der Waals surface area (Å²) >= 11 is 0. The van der Waals surface area contributed by atoms with Crippen molar-refractivity contribution in [1.82, 2.24) is 5.32 Å². The largest absolute Gasteiger partial charge is 0.486 e. The summed E-state index contributed by atoms with van der Waals surface area (Å²) in [6.45, 7) is 1.61. The zero-order valence-electron chi connectivity index (χ0n) is 12.2. The monoisotopic (exact) mass is 303 g/mol. The van der Waals surface area contributed by atoms with Gasteiger partial charge in [0, 0.05) is 6.54 Å². The number of rotatable bonds is 5. The lowest BCUT2D eigenvalue weighted by molar-refractivity contribution is 0.0562. The van der Waals surface area contributed by atoms with Crippen molar-refractivity contribution in [1.29, 1.82) is 0 Å². The van der Waals surface area contributed by atoms with Crippen molar-refractivity contribution in [2.75, 3.05) is 20.3 Å². The van der Waals surface area contributed by atoms with Gasteiger partial charge in [0.1, 0.15) is 18.5 Å². The van der Waals surface area contributed by atoms with Crippen molar-refractivity contribution >= 4 is 5.97 Å². The smallest absolute Gasteiger partial charge is 0.373 e. The van der Waals surface area contributed by atoms with Gasteiger partial charge in [-0.1, -0.05) is 12.1 Å². The van der Waals surface area contributed by atoms with Gasteiger partial charge in [0.25, 0.3) is 0 Å². The second kappa shape index (κ2) is 6.53. The molecule has 22 heavy (non-hydrogen) atoms. The lowest BCUT2D eigenvalue weighted by Gasteiger charge is -2.26. The summed E-state index contributed by atoms with van der Waals surface area (Å²) in [4.78, 5) is 11.3. The Morgan fingerprint density at radius 3 is 2.91 bits per heavy atom. The molecule has 0 bridgehead atoms. The Balaban J connectivity index is 1.48. The van der Waals surface area contributed by atoms with Crippen LogP contribution in [-0.4, -0.2) is 32.3 Å². The Labute approximate surface area is 128 Å². The van der Waals surface area contributed by atoms with Crippen LogP contribution in [0.4, 0.5) is 0 Å². The molecule has 6 heteroatoms. The molecule has 0 saturated heterocycles. The van der Waals surface area contributed by atoms with Crippen LogP contribution >= 0.6 is 0 Å². The quantitative estimate of drug-likeness (QED) is 0.852. The Kier molecular flexibility index (Phi) is 4.29. The predicted octanol–water partition coefficient (Wildman–Crippen LogP) is 2.00. The van der Waals surface area contributed by atoms with E-state index in [9.17, 15) is 4.79 Å². The Hall–Kier alpha value is -2.47. The molecule has 1 aliphatic rings. The van der Waals surface area contributed by atoms with Gasteiger partial charge in [-0.05, 0) is 24.3 Å². The third kappa shape index (κ3) is 3.23. The second-order valence-corrected chi connectivity index (χ2v) is 4.89. The molecule has 0 amide bonds. The van der Waals surface area contributed by atoms with Crippen molar-refractivity contribution in [3.05, 3.63) is 47.9 Å². The standard InChI is InChI=1S/C16H17NO5/c1-19-16(18)15-7-6-11(21-15)8-17-9-12-10-20-13-4-2-3-5-14(13)22-12/h2-7,12,17H,8-10H2,1H3. The summed E-state index contributed by atoms with van der Waals surface area (Å²) in [7, 11) is 1.32. The van der Waals surface area contributed by atoms with Gasteiger partial charge in [-0.3, -0.25) is 0 Å². The van der Waals surface area contributed by atoms with E-state index in [0.29, 0.717) is 25.5 Å². The normalized spacial score (nSPS) is 16.3. The van der Waals surface area contributed by atoms with Crippen LogP contribution in [0.2, 0.25) is 0 Å². The number of furan rings is 1. The molecule has 2 aromatic rings. The number of carbonyl (C=O) groups is 1. The fraction of sp³-hybridized carbons (Fsp3) is 0.312. The fourth-order valence-electron chi connectivity index (χ4n) is 2.20. The third-order valence-electron chi connectivity index (χ3n) is 3.29. The average Bonchev–Trinajstić information content (AvgIpc) is 3.03. The maximum absolute atomic E-state index is 11.3. The van der Waals surface area contributed by atoms with Crippen molar-refractivity contribution in [2.45, 2.75) is 12.6 Å². The number of nitrogens with one attached hydrogen (secondary N) is 1. The SMILES string of the molecule is COC(=O)c1ccc(CNCC2COc3ccccc3O2)o1. The minimum absolute atomic E-state index is 0.0649. The number of para-hydroxylation sites is 2. The van der Waals surface area contributed by atoms with E-state index in [1.54, 1.807) is 12.1 Å². The molecule has 1 N–H and O–H groups in total. The number of carbonyl (C=O) groups excluding carboxylic acids is 1. The number of esters is 1. The summed E-state index contributed by atoms with van der Waals surface area (Å²) in [5.41, 5.74) is 0. The highest BCUT2D eigenvalue weighted by Crippen LogP contribution is 2.30. The Morgan fingerprint density at radius 2 is 2.09 bits per heavy atom. The molecule has 1 aliphatic heterocycles. The molecule has 0 spiro atoms. The van der Waals surface area contributed by atoms with Crippen LogP contribution in [0, 0.1) is 0 Å². The van der Waals surface area contributed by atoms with E-state index in [-0.39, 0.29) is 11.9 Å². The minimum atomic E-state index is -0.480. The van der Waals surface area contributed by atoms with E-state index in [0.717, 1.165) is 11.5 Å². The number of hydrogen-bond donors (Lipinski definition) is 1. The van der Waals surface area contributed by atoms with Gasteiger partial charge in [-0.15, -0.1) is 0 Å². The first kappa shape index (κ1) is 14.5. The lowest BCUT2D eigenvalue weighted by Crippen LogP contribution is -2.38. The van der Waals surface area contributed by atoms with Gasteiger partial charge < -0.3 is 23.9 Å². The van der Waals surface area contributed by atoms with E-state index in [4.69, 9.17) is 13.9 Å². The first-order valence-corrected chi connectivity index (χ1v) is 7.02.